The second-order valence-corrected chi connectivity index (χ2v) is 7.04. The maximum absolute atomic E-state index is 12.3. The molecule has 20 heavy (non-hydrogen) atoms. The number of sulfonamides is 1. The van der Waals surface area contributed by atoms with Crippen LogP contribution in [0, 0.1) is 6.92 Å². The summed E-state index contributed by atoms with van der Waals surface area (Å²) in [5.74, 6) is 0. The summed E-state index contributed by atoms with van der Waals surface area (Å²) in [4.78, 5) is -0.188. The SMILES string of the molecule is Cc1cccc(NS(=O)(=O)c2c(Cl)cc(Cl)cc2Cl)c1. The fraction of sp³-hybridized carbons (Fsp3) is 0.0769. The molecule has 0 radical (unpaired) electrons. The van der Waals surface area contributed by atoms with Gasteiger partial charge in [-0.15, -0.1) is 0 Å². The summed E-state index contributed by atoms with van der Waals surface area (Å²) in [6, 6.07) is 9.62. The first-order valence-corrected chi connectivity index (χ1v) is 8.15. The number of nitrogens with one attached hydrogen (secondary N) is 1. The van der Waals surface area contributed by atoms with E-state index in [4.69, 9.17) is 34.8 Å². The molecule has 0 aliphatic heterocycles. The zero-order valence-corrected chi connectivity index (χ0v) is 13.4. The third-order valence-corrected chi connectivity index (χ3v) is 5.02. The highest BCUT2D eigenvalue weighted by Gasteiger charge is 2.22. The van der Waals surface area contributed by atoms with Crippen LogP contribution < -0.4 is 4.72 Å². The number of anilines is 1. The quantitative estimate of drug-likeness (QED) is 0.867. The van der Waals surface area contributed by atoms with E-state index >= 15 is 0 Å². The average Bonchev–Trinajstić information content (AvgIpc) is 2.25. The Morgan fingerprint density at radius 1 is 1.00 bits per heavy atom. The summed E-state index contributed by atoms with van der Waals surface area (Å²) in [6.07, 6.45) is 0. The fourth-order valence-corrected chi connectivity index (χ4v) is 4.30. The Hall–Kier alpha value is -0.940. The van der Waals surface area contributed by atoms with E-state index in [9.17, 15) is 8.42 Å². The van der Waals surface area contributed by atoms with E-state index in [1.807, 2.05) is 13.0 Å². The maximum Gasteiger partial charge on any atom is 0.264 e. The number of halogens is 3. The van der Waals surface area contributed by atoms with Crippen LogP contribution in [0.25, 0.3) is 0 Å². The van der Waals surface area contributed by atoms with Crippen LogP contribution in [0.1, 0.15) is 5.56 Å². The normalized spacial score (nSPS) is 11.4. The van der Waals surface area contributed by atoms with E-state index in [0.717, 1.165) is 5.56 Å². The Morgan fingerprint density at radius 3 is 2.15 bits per heavy atom. The van der Waals surface area contributed by atoms with Crippen molar-refractivity contribution in [2.45, 2.75) is 11.8 Å². The molecular weight excluding hydrogens is 341 g/mol. The third-order valence-electron chi connectivity index (χ3n) is 2.50. The van der Waals surface area contributed by atoms with E-state index < -0.39 is 10.0 Å². The van der Waals surface area contributed by atoms with Crippen molar-refractivity contribution in [2.24, 2.45) is 0 Å². The zero-order valence-electron chi connectivity index (χ0n) is 10.3. The molecule has 0 aliphatic carbocycles. The molecule has 3 nitrogen and oxygen atoms in total. The van der Waals surface area contributed by atoms with Crippen molar-refractivity contribution in [1.29, 1.82) is 0 Å². The lowest BCUT2D eigenvalue weighted by Gasteiger charge is -2.11. The van der Waals surface area contributed by atoms with Crippen LogP contribution >= 0.6 is 34.8 Å². The molecule has 0 spiro atoms. The standard InChI is InChI=1S/C13H10Cl3NO2S/c1-8-3-2-4-10(5-8)17-20(18,19)13-11(15)6-9(14)7-12(13)16/h2-7,17H,1H3. The minimum atomic E-state index is -3.88. The highest BCUT2D eigenvalue weighted by molar-refractivity contribution is 7.93. The molecule has 2 aromatic carbocycles. The molecule has 0 fully saturated rings. The van der Waals surface area contributed by atoms with Gasteiger partial charge in [0.05, 0.1) is 10.0 Å². The second kappa shape index (κ2) is 5.82. The molecule has 0 amide bonds. The molecule has 7 heteroatoms. The van der Waals surface area contributed by atoms with Crippen molar-refractivity contribution in [3.8, 4) is 0 Å². The Balaban J connectivity index is 2.46. The Bertz CT molecular complexity index is 737. The molecule has 1 N–H and O–H groups in total. The Morgan fingerprint density at radius 2 is 1.60 bits per heavy atom. The highest BCUT2D eigenvalue weighted by Crippen LogP contribution is 2.33. The Kier molecular flexibility index (Phi) is 4.49. The van der Waals surface area contributed by atoms with Crippen LogP contribution in [-0.4, -0.2) is 8.42 Å². The van der Waals surface area contributed by atoms with Gasteiger partial charge in [0.1, 0.15) is 4.90 Å². The van der Waals surface area contributed by atoms with Gasteiger partial charge in [-0.2, -0.15) is 0 Å². The van der Waals surface area contributed by atoms with Gasteiger partial charge >= 0.3 is 0 Å². The highest BCUT2D eigenvalue weighted by atomic mass is 35.5. The van der Waals surface area contributed by atoms with Crippen LogP contribution in [-0.2, 0) is 10.0 Å². The first kappa shape index (κ1) is 15.4. The molecule has 2 rings (SSSR count). The van der Waals surface area contributed by atoms with Crippen LogP contribution in [0.2, 0.25) is 15.1 Å². The van der Waals surface area contributed by atoms with Crippen molar-refractivity contribution in [3.63, 3.8) is 0 Å². The van der Waals surface area contributed by atoms with E-state index in [1.54, 1.807) is 18.2 Å². The first-order chi connectivity index (χ1) is 9.29. The van der Waals surface area contributed by atoms with Gasteiger partial charge in [0.2, 0.25) is 0 Å². The van der Waals surface area contributed by atoms with Crippen molar-refractivity contribution in [1.82, 2.24) is 0 Å². The molecule has 0 saturated heterocycles. The van der Waals surface area contributed by atoms with Crippen molar-refractivity contribution >= 4 is 50.5 Å². The molecule has 2 aromatic rings. The van der Waals surface area contributed by atoms with Gasteiger partial charge in [0, 0.05) is 10.7 Å². The predicted molar refractivity (Wildman–Crippen MR) is 83.5 cm³/mol. The van der Waals surface area contributed by atoms with Gasteiger partial charge in [0.25, 0.3) is 10.0 Å². The first-order valence-electron chi connectivity index (χ1n) is 5.53. The summed E-state index contributed by atoms with van der Waals surface area (Å²) in [5.41, 5.74) is 1.37. The zero-order chi connectivity index (χ0) is 14.9. The average molecular weight is 351 g/mol. The van der Waals surface area contributed by atoms with Crippen LogP contribution in [0.3, 0.4) is 0 Å². The summed E-state index contributed by atoms with van der Waals surface area (Å²) in [5, 5.41) is 0.222. The lowest BCUT2D eigenvalue weighted by molar-refractivity contribution is 0.601. The predicted octanol–water partition coefficient (Wildman–Crippen LogP) is 4.76. The van der Waals surface area contributed by atoms with Gasteiger partial charge < -0.3 is 0 Å². The summed E-state index contributed by atoms with van der Waals surface area (Å²) in [6.45, 7) is 1.86. The van der Waals surface area contributed by atoms with Gasteiger partial charge in [-0.25, -0.2) is 8.42 Å². The van der Waals surface area contributed by atoms with Crippen molar-refractivity contribution in [3.05, 3.63) is 57.0 Å². The van der Waals surface area contributed by atoms with Gasteiger partial charge in [-0.1, -0.05) is 46.9 Å². The number of rotatable bonds is 3. The Labute approximate surface area is 132 Å². The topological polar surface area (TPSA) is 46.2 Å². The lowest BCUT2D eigenvalue weighted by atomic mass is 10.2. The van der Waals surface area contributed by atoms with E-state index in [-0.39, 0.29) is 20.0 Å². The largest absolute Gasteiger partial charge is 0.280 e. The molecule has 0 unspecified atom stereocenters. The molecule has 0 atom stereocenters. The molecular formula is C13H10Cl3NO2S. The number of hydrogen-bond donors (Lipinski definition) is 1. The molecule has 0 saturated carbocycles. The van der Waals surface area contributed by atoms with Gasteiger partial charge in [-0.05, 0) is 36.8 Å². The third kappa shape index (κ3) is 3.38. The molecule has 0 aromatic heterocycles. The van der Waals surface area contributed by atoms with E-state index in [0.29, 0.717) is 5.69 Å². The monoisotopic (exact) mass is 349 g/mol. The van der Waals surface area contributed by atoms with Crippen LogP contribution in [0.5, 0.6) is 0 Å². The van der Waals surface area contributed by atoms with Crippen LogP contribution in [0.4, 0.5) is 5.69 Å². The van der Waals surface area contributed by atoms with Crippen molar-refractivity contribution < 1.29 is 8.42 Å². The number of aryl methyl sites for hydroxylation is 1. The smallest absolute Gasteiger partial charge is 0.264 e. The second-order valence-electron chi connectivity index (χ2n) is 4.17. The summed E-state index contributed by atoms with van der Waals surface area (Å²) < 4.78 is 27.1. The minimum absolute atomic E-state index is 0.0253. The molecule has 0 bridgehead atoms. The number of hydrogen-bond acceptors (Lipinski definition) is 2. The van der Waals surface area contributed by atoms with Crippen molar-refractivity contribution in [2.75, 3.05) is 4.72 Å². The summed E-state index contributed by atoms with van der Waals surface area (Å²) in [7, 11) is -3.88. The van der Waals surface area contributed by atoms with E-state index in [2.05, 4.69) is 4.72 Å². The fourth-order valence-electron chi connectivity index (χ4n) is 1.70. The van der Waals surface area contributed by atoms with E-state index in [1.165, 1.54) is 12.1 Å². The maximum atomic E-state index is 12.3. The lowest BCUT2D eigenvalue weighted by Crippen LogP contribution is -2.14. The molecule has 0 aliphatic rings. The molecule has 0 heterocycles. The minimum Gasteiger partial charge on any atom is -0.280 e. The summed E-state index contributed by atoms with van der Waals surface area (Å²) >= 11 is 17.6. The van der Waals surface area contributed by atoms with Gasteiger partial charge in [-0.3, -0.25) is 4.72 Å². The van der Waals surface area contributed by atoms with Gasteiger partial charge in [0.15, 0.2) is 0 Å². The molecule has 106 valence electrons. The van der Waals surface area contributed by atoms with Crippen LogP contribution in [0.15, 0.2) is 41.3 Å². The number of benzene rings is 2.